The standard InChI is InChI=1S/C43H51N7O6/c1-22(2)30(19-37(51)55-5)41(52)49-33-15-28(33)17-35(49)39-44-20-31(46-39)26-11-7-24(8-12-26)25-9-13-27(14-10-25)32-21-45-40(47-32)36-18-29-16-34(29)50(36)42(53)38(23(3)4)48-43(54)56-6/h7-14,20-23,28-30,33-36,38H,15-19H2,1-6H3,(H,44,46)(H,45,47)(H,48,54)/t28-,29-,30-,33-,34-,35?,36?,38-/m0/s1. The van der Waals surface area contributed by atoms with Gasteiger partial charge in [0.25, 0.3) is 0 Å². The van der Waals surface area contributed by atoms with Crippen molar-refractivity contribution in [2.45, 2.75) is 90.0 Å². The Labute approximate surface area is 327 Å². The van der Waals surface area contributed by atoms with Crippen LogP contribution in [-0.2, 0) is 23.9 Å². The molecule has 2 aliphatic carbocycles. The Morgan fingerprint density at radius 2 is 1.14 bits per heavy atom. The lowest BCUT2D eigenvalue weighted by atomic mass is 9.90. The van der Waals surface area contributed by atoms with Crippen LogP contribution in [0.5, 0.6) is 0 Å². The molecule has 3 amide bonds. The molecule has 8 rings (SSSR count). The van der Waals surface area contributed by atoms with Crippen molar-refractivity contribution in [3.8, 4) is 33.6 Å². The fourth-order valence-electron chi connectivity index (χ4n) is 8.95. The number of nitrogens with zero attached hydrogens (tertiary/aromatic N) is 4. The molecular formula is C43H51N7O6. The SMILES string of the molecule is COC(=O)C[C@H](C(=O)N1C(c2ncc(-c3ccc(-c4ccc(-c5cnc(C6C[C@@H]7C[C@@H]7N6C(=O)[C@@H](NC(=O)OC)C(C)C)[nH]5)cc4)cc3)[nH]2)C[C@@H]2C[C@@H]21)C(C)C. The molecule has 4 aromatic rings. The van der Waals surface area contributed by atoms with Crippen LogP contribution in [0.1, 0.15) is 83.5 Å². The predicted octanol–water partition coefficient (Wildman–Crippen LogP) is 6.67. The molecule has 2 saturated carbocycles. The van der Waals surface area contributed by atoms with Crippen LogP contribution in [0, 0.1) is 29.6 Å². The van der Waals surface area contributed by atoms with Gasteiger partial charge in [-0.1, -0.05) is 76.2 Å². The number of rotatable bonds is 12. The summed E-state index contributed by atoms with van der Waals surface area (Å²) in [6, 6.07) is 16.0. The second-order valence-electron chi connectivity index (χ2n) is 16.6. The maximum atomic E-state index is 13.8. The molecule has 13 heteroatoms. The summed E-state index contributed by atoms with van der Waals surface area (Å²) in [4.78, 5) is 72.2. The van der Waals surface area contributed by atoms with Gasteiger partial charge in [-0.25, -0.2) is 14.8 Å². The van der Waals surface area contributed by atoms with Crippen LogP contribution in [0.4, 0.5) is 4.79 Å². The highest BCUT2D eigenvalue weighted by Gasteiger charge is 2.57. The van der Waals surface area contributed by atoms with Crippen LogP contribution in [0.3, 0.4) is 0 Å². The normalized spacial score (nSPS) is 24.4. The number of hydrogen-bond acceptors (Lipinski definition) is 8. The Kier molecular flexibility index (Phi) is 9.96. The summed E-state index contributed by atoms with van der Waals surface area (Å²) in [5, 5.41) is 2.74. The summed E-state index contributed by atoms with van der Waals surface area (Å²) in [6.07, 6.45) is 6.83. The van der Waals surface area contributed by atoms with Gasteiger partial charge in [-0.05, 0) is 71.6 Å². The van der Waals surface area contributed by atoms with Gasteiger partial charge in [-0.2, -0.15) is 0 Å². The number of esters is 1. The van der Waals surface area contributed by atoms with E-state index in [4.69, 9.17) is 19.4 Å². The van der Waals surface area contributed by atoms with Gasteiger partial charge in [-0.3, -0.25) is 14.4 Å². The maximum Gasteiger partial charge on any atom is 0.407 e. The molecule has 8 atom stereocenters. The van der Waals surface area contributed by atoms with Crippen LogP contribution in [0.25, 0.3) is 33.6 Å². The number of alkyl carbamates (subject to hydrolysis) is 1. The number of piperidine rings is 2. The summed E-state index contributed by atoms with van der Waals surface area (Å²) >= 11 is 0. The van der Waals surface area contributed by atoms with E-state index >= 15 is 0 Å². The van der Waals surface area contributed by atoms with Gasteiger partial charge in [0.2, 0.25) is 11.8 Å². The number of aromatic amines is 2. The van der Waals surface area contributed by atoms with Gasteiger partial charge in [0.1, 0.15) is 17.7 Å². The number of benzene rings is 2. The fourth-order valence-corrected chi connectivity index (χ4v) is 8.95. The average molecular weight is 762 g/mol. The molecule has 56 heavy (non-hydrogen) atoms. The van der Waals surface area contributed by atoms with Crippen molar-refractivity contribution in [1.29, 1.82) is 0 Å². The van der Waals surface area contributed by atoms with E-state index in [1.54, 1.807) is 0 Å². The lowest BCUT2D eigenvalue weighted by Crippen LogP contribution is -2.52. The first-order chi connectivity index (χ1) is 26.9. The van der Waals surface area contributed by atoms with Crippen molar-refractivity contribution in [3.05, 3.63) is 72.6 Å². The maximum absolute atomic E-state index is 13.8. The van der Waals surface area contributed by atoms with E-state index in [2.05, 4.69) is 63.8 Å². The van der Waals surface area contributed by atoms with E-state index in [0.29, 0.717) is 11.8 Å². The van der Waals surface area contributed by atoms with E-state index in [1.165, 1.54) is 14.2 Å². The summed E-state index contributed by atoms with van der Waals surface area (Å²) < 4.78 is 9.69. The molecule has 2 unspecified atom stereocenters. The van der Waals surface area contributed by atoms with Crippen LogP contribution in [0.2, 0.25) is 0 Å². The van der Waals surface area contributed by atoms with Crippen molar-refractivity contribution in [1.82, 2.24) is 35.1 Å². The molecule has 4 heterocycles. The number of aromatic nitrogens is 4. The number of H-pyrrole nitrogens is 2. The van der Waals surface area contributed by atoms with E-state index in [0.717, 1.165) is 71.0 Å². The Balaban J connectivity index is 0.931. The molecule has 0 bridgehead atoms. The second kappa shape index (κ2) is 14.9. The number of fused-ring (bicyclic) bond motifs is 2. The Morgan fingerprint density at radius 3 is 1.57 bits per heavy atom. The minimum atomic E-state index is -0.674. The van der Waals surface area contributed by atoms with Crippen molar-refractivity contribution >= 4 is 23.9 Å². The van der Waals surface area contributed by atoms with Gasteiger partial charge in [0.05, 0.1) is 62.4 Å². The molecule has 2 saturated heterocycles. The summed E-state index contributed by atoms with van der Waals surface area (Å²) in [5.74, 6) is 1.50. The number of carbonyl (C=O) groups excluding carboxylic acids is 4. The van der Waals surface area contributed by atoms with Gasteiger partial charge < -0.3 is 34.6 Å². The zero-order valence-corrected chi connectivity index (χ0v) is 32.8. The molecule has 2 aromatic heterocycles. The third kappa shape index (κ3) is 7.07. The minimum absolute atomic E-state index is 0.0107. The monoisotopic (exact) mass is 761 g/mol. The zero-order chi connectivity index (χ0) is 39.4. The average Bonchev–Trinajstić information content (AvgIpc) is 3.79. The third-order valence-corrected chi connectivity index (χ3v) is 12.4. The highest BCUT2D eigenvalue weighted by Crippen LogP contribution is 2.55. The summed E-state index contributed by atoms with van der Waals surface area (Å²) in [6.45, 7) is 7.80. The molecule has 0 spiro atoms. The molecule has 2 aromatic carbocycles. The first kappa shape index (κ1) is 37.5. The van der Waals surface area contributed by atoms with Crippen LogP contribution < -0.4 is 5.32 Å². The minimum Gasteiger partial charge on any atom is -0.469 e. The molecule has 4 aliphatic rings. The zero-order valence-electron chi connectivity index (χ0n) is 32.8. The Bertz CT molecular complexity index is 1960. The van der Waals surface area contributed by atoms with Gasteiger partial charge in [-0.15, -0.1) is 0 Å². The van der Waals surface area contributed by atoms with E-state index in [1.807, 2.05) is 49.9 Å². The number of ether oxygens (including phenoxy) is 2. The number of likely N-dealkylation sites (tertiary alicyclic amines) is 2. The highest BCUT2D eigenvalue weighted by atomic mass is 16.5. The fraction of sp³-hybridized carbons (Fsp3) is 0.488. The van der Waals surface area contributed by atoms with E-state index in [-0.39, 0.29) is 60.2 Å². The lowest BCUT2D eigenvalue weighted by Gasteiger charge is -2.31. The first-order valence-corrected chi connectivity index (χ1v) is 19.8. The highest BCUT2D eigenvalue weighted by molar-refractivity contribution is 5.87. The van der Waals surface area contributed by atoms with Gasteiger partial charge in [0.15, 0.2) is 0 Å². The molecule has 4 fully saturated rings. The topological polar surface area (TPSA) is 163 Å². The molecular weight excluding hydrogens is 711 g/mol. The number of amides is 3. The van der Waals surface area contributed by atoms with E-state index in [9.17, 15) is 19.2 Å². The van der Waals surface area contributed by atoms with Gasteiger partial charge in [0, 0.05) is 12.1 Å². The second-order valence-corrected chi connectivity index (χ2v) is 16.6. The predicted molar refractivity (Wildman–Crippen MR) is 208 cm³/mol. The smallest absolute Gasteiger partial charge is 0.407 e. The molecule has 0 radical (unpaired) electrons. The third-order valence-electron chi connectivity index (χ3n) is 12.4. The summed E-state index contributed by atoms with van der Waals surface area (Å²) in [7, 11) is 2.66. The number of imidazole rings is 2. The van der Waals surface area contributed by atoms with Crippen LogP contribution >= 0.6 is 0 Å². The molecule has 294 valence electrons. The van der Waals surface area contributed by atoms with Crippen molar-refractivity contribution in [2.75, 3.05) is 14.2 Å². The van der Waals surface area contributed by atoms with E-state index < -0.39 is 18.1 Å². The van der Waals surface area contributed by atoms with Crippen molar-refractivity contribution in [3.63, 3.8) is 0 Å². The largest absolute Gasteiger partial charge is 0.469 e. The number of methoxy groups -OCH3 is 2. The number of hydrogen-bond donors (Lipinski definition) is 3. The molecule has 13 nitrogen and oxygen atoms in total. The first-order valence-electron chi connectivity index (χ1n) is 19.8. The molecule has 3 N–H and O–H groups in total. The Morgan fingerprint density at radius 1 is 0.679 bits per heavy atom. The van der Waals surface area contributed by atoms with Gasteiger partial charge >= 0.3 is 12.1 Å². The molecule has 2 aliphatic heterocycles. The number of carbonyl (C=O) groups is 4. The summed E-state index contributed by atoms with van der Waals surface area (Å²) in [5.41, 5.74) is 5.90. The number of nitrogens with one attached hydrogen (secondary N) is 3. The van der Waals surface area contributed by atoms with Crippen molar-refractivity contribution < 1.29 is 28.7 Å². The van der Waals surface area contributed by atoms with Crippen LogP contribution in [-0.4, -0.2) is 86.0 Å². The van der Waals surface area contributed by atoms with Crippen LogP contribution in [0.15, 0.2) is 60.9 Å². The van der Waals surface area contributed by atoms with Crippen molar-refractivity contribution in [2.24, 2.45) is 29.6 Å². The quantitative estimate of drug-likeness (QED) is 0.135. The lowest BCUT2D eigenvalue weighted by molar-refractivity contribution is -0.149. The Hall–Kier alpha value is -5.46.